The van der Waals surface area contributed by atoms with Crippen molar-refractivity contribution in [3.05, 3.63) is 17.7 Å². The van der Waals surface area contributed by atoms with E-state index in [9.17, 15) is 8.42 Å². The third kappa shape index (κ3) is 4.29. The summed E-state index contributed by atoms with van der Waals surface area (Å²) >= 11 is 1.69. The summed E-state index contributed by atoms with van der Waals surface area (Å²) in [5, 5.41) is 0. The van der Waals surface area contributed by atoms with E-state index in [1.165, 1.54) is 13.2 Å². The second kappa shape index (κ2) is 7.19. The Morgan fingerprint density at radius 3 is 2.65 bits per heavy atom. The highest BCUT2D eigenvalue weighted by Crippen LogP contribution is 2.28. The number of sulfonamides is 1. The van der Waals surface area contributed by atoms with E-state index < -0.39 is 10.0 Å². The second-order valence-electron chi connectivity index (χ2n) is 4.77. The fraction of sp³-hybridized carbons (Fsp3) is 0.538. The van der Waals surface area contributed by atoms with Gasteiger partial charge in [0.05, 0.1) is 7.11 Å². The Bertz CT molecular complexity index is 559. The van der Waals surface area contributed by atoms with Crippen LogP contribution in [0.1, 0.15) is 12.5 Å². The lowest BCUT2D eigenvalue weighted by Gasteiger charge is -2.15. The van der Waals surface area contributed by atoms with Crippen LogP contribution in [0.5, 0.6) is 5.75 Å². The molecule has 0 aromatic heterocycles. The van der Waals surface area contributed by atoms with Crippen LogP contribution in [0.3, 0.4) is 0 Å². The van der Waals surface area contributed by atoms with Crippen molar-refractivity contribution >= 4 is 27.5 Å². The zero-order valence-corrected chi connectivity index (χ0v) is 13.9. The van der Waals surface area contributed by atoms with E-state index in [2.05, 4.69) is 4.72 Å². The molecular weight excluding hydrogens is 296 g/mol. The number of hydrogen-bond donors (Lipinski definition) is 2. The average molecular weight is 318 g/mol. The summed E-state index contributed by atoms with van der Waals surface area (Å²) in [5.74, 6) is 1.46. The molecule has 0 amide bonds. The number of rotatable bonds is 7. The molecule has 114 valence electrons. The Kier molecular flexibility index (Phi) is 6.16. The van der Waals surface area contributed by atoms with Crippen LogP contribution in [0.15, 0.2) is 17.0 Å². The zero-order valence-electron chi connectivity index (χ0n) is 12.3. The minimum Gasteiger partial charge on any atom is -0.495 e. The fourth-order valence-electron chi connectivity index (χ4n) is 1.72. The zero-order chi connectivity index (χ0) is 15.3. The van der Waals surface area contributed by atoms with E-state index in [1.54, 1.807) is 17.8 Å². The summed E-state index contributed by atoms with van der Waals surface area (Å²) in [4.78, 5) is 0.0828. The molecule has 7 heteroatoms. The molecule has 1 aromatic carbocycles. The first kappa shape index (κ1) is 17.1. The quantitative estimate of drug-likeness (QED) is 0.750. The minimum absolute atomic E-state index is 0.0828. The van der Waals surface area contributed by atoms with E-state index in [4.69, 9.17) is 10.5 Å². The molecule has 5 nitrogen and oxygen atoms in total. The van der Waals surface area contributed by atoms with Gasteiger partial charge in [0.15, 0.2) is 0 Å². The minimum atomic E-state index is -3.62. The van der Waals surface area contributed by atoms with Gasteiger partial charge in [0.2, 0.25) is 10.0 Å². The lowest BCUT2D eigenvalue weighted by atomic mass is 10.2. The Morgan fingerprint density at radius 1 is 1.45 bits per heavy atom. The molecule has 0 fully saturated rings. The molecular formula is C13H22N2O3S2. The topological polar surface area (TPSA) is 81.4 Å². The molecule has 0 aliphatic rings. The smallest absolute Gasteiger partial charge is 0.244 e. The van der Waals surface area contributed by atoms with Gasteiger partial charge in [-0.2, -0.15) is 11.8 Å². The van der Waals surface area contributed by atoms with E-state index in [1.807, 2.05) is 20.1 Å². The maximum Gasteiger partial charge on any atom is 0.244 e. The molecule has 1 aromatic rings. The molecule has 1 atom stereocenters. The maximum atomic E-state index is 12.3. The van der Waals surface area contributed by atoms with Crippen LogP contribution >= 0.6 is 11.8 Å². The Hall–Kier alpha value is -0.920. The molecule has 0 radical (unpaired) electrons. The number of thioether (sulfide) groups is 1. The number of nitrogen functional groups attached to an aromatic ring is 1. The first-order chi connectivity index (χ1) is 9.31. The third-order valence-corrected chi connectivity index (χ3v) is 5.26. The van der Waals surface area contributed by atoms with Crippen molar-refractivity contribution in [1.29, 1.82) is 0 Å². The molecule has 0 spiro atoms. The van der Waals surface area contributed by atoms with E-state index >= 15 is 0 Å². The van der Waals surface area contributed by atoms with Crippen LogP contribution in [0.4, 0.5) is 5.69 Å². The van der Waals surface area contributed by atoms with E-state index in [-0.39, 0.29) is 10.8 Å². The number of anilines is 1. The molecule has 0 saturated heterocycles. The van der Waals surface area contributed by atoms with Crippen LogP contribution < -0.4 is 15.2 Å². The normalized spacial score (nSPS) is 13.2. The lowest BCUT2D eigenvalue weighted by molar-refractivity contribution is 0.402. The molecule has 0 heterocycles. The number of aryl methyl sites for hydroxylation is 1. The number of ether oxygens (including phenoxy) is 1. The van der Waals surface area contributed by atoms with Gasteiger partial charge in [-0.3, -0.25) is 0 Å². The van der Waals surface area contributed by atoms with Crippen LogP contribution in [0, 0.1) is 12.8 Å². The van der Waals surface area contributed by atoms with Gasteiger partial charge in [-0.25, -0.2) is 13.1 Å². The predicted octanol–water partition coefficient (Wildman–Crippen LogP) is 1.86. The molecule has 0 saturated carbocycles. The molecule has 1 unspecified atom stereocenters. The van der Waals surface area contributed by atoms with Gasteiger partial charge >= 0.3 is 0 Å². The van der Waals surface area contributed by atoms with Crippen LogP contribution in [-0.2, 0) is 10.0 Å². The standard InChI is InChI=1S/C13H22N2O3S2/c1-9(8-19-4)7-15-20(16,17)13-6-11(14)10(2)5-12(13)18-3/h5-6,9,15H,7-8,14H2,1-4H3. The van der Waals surface area contributed by atoms with Crippen LogP contribution in [0.2, 0.25) is 0 Å². The SMILES string of the molecule is COc1cc(C)c(N)cc1S(=O)(=O)NCC(C)CSC. The van der Waals surface area contributed by atoms with E-state index in [0.29, 0.717) is 18.0 Å². The van der Waals surface area contributed by atoms with Gasteiger partial charge in [-0.05, 0) is 42.5 Å². The highest BCUT2D eigenvalue weighted by atomic mass is 32.2. The van der Waals surface area contributed by atoms with Gasteiger partial charge in [0, 0.05) is 12.2 Å². The number of methoxy groups -OCH3 is 1. The Morgan fingerprint density at radius 2 is 2.10 bits per heavy atom. The average Bonchev–Trinajstić information content (AvgIpc) is 2.39. The summed E-state index contributed by atoms with van der Waals surface area (Å²) in [6, 6.07) is 3.07. The molecule has 1 rings (SSSR count). The first-order valence-electron chi connectivity index (χ1n) is 6.24. The van der Waals surface area contributed by atoms with Crippen molar-refractivity contribution in [2.75, 3.05) is 31.4 Å². The molecule has 0 bridgehead atoms. The van der Waals surface area contributed by atoms with Crippen molar-refractivity contribution in [1.82, 2.24) is 4.72 Å². The van der Waals surface area contributed by atoms with E-state index in [0.717, 1.165) is 11.3 Å². The summed E-state index contributed by atoms with van der Waals surface area (Å²) in [7, 11) is -2.18. The van der Waals surface area contributed by atoms with Crippen molar-refractivity contribution in [2.45, 2.75) is 18.7 Å². The monoisotopic (exact) mass is 318 g/mol. The number of nitrogens with two attached hydrogens (primary N) is 1. The Balaban J connectivity index is 3.00. The third-order valence-electron chi connectivity index (χ3n) is 2.91. The van der Waals surface area contributed by atoms with Gasteiger partial charge in [-0.15, -0.1) is 0 Å². The fourth-order valence-corrected chi connectivity index (χ4v) is 3.76. The van der Waals surface area contributed by atoms with Gasteiger partial charge in [0.1, 0.15) is 10.6 Å². The van der Waals surface area contributed by atoms with Gasteiger partial charge in [-0.1, -0.05) is 6.92 Å². The first-order valence-corrected chi connectivity index (χ1v) is 9.12. The molecule has 20 heavy (non-hydrogen) atoms. The highest BCUT2D eigenvalue weighted by Gasteiger charge is 2.21. The maximum absolute atomic E-state index is 12.3. The van der Waals surface area contributed by atoms with Gasteiger partial charge in [0.25, 0.3) is 0 Å². The summed E-state index contributed by atoms with van der Waals surface area (Å²) < 4.78 is 32.4. The molecule has 3 N–H and O–H groups in total. The van der Waals surface area contributed by atoms with Gasteiger partial charge < -0.3 is 10.5 Å². The van der Waals surface area contributed by atoms with Crippen molar-refractivity contribution < 1.29 is 13.2 Å². The van der Waals surface area contributed by atoms with Crippen molar-refractivity contribution in [2.24, 2.45) is 5.92 Å². The Labute approximate surface area is 125 Å². The number of hydrogen-bond acceptors (Lipinski definition) is 5. The van der Waals surface area contributed by atoms with Crippen molar-refractivity contribution in [3.63, 3.8) is 0 Å². The van der Waals surface area contributed by atoms with Crippen molar-refractivity contribution in [3.8, 4) is 5.75 Å². The number of benzene rings is 1. The van der Waals surface area contributed by atoms with Crippen LogP contribution in [-0.4, -0.2) is 34.1 Å². The number of nitrogens with one attached hydrogen (secondary N) is 1. The predicted molar refractivity (Wildman–Crippen MR) is 84.9 cm³/mol. The summed E-state index contributed by atoms with van der Waals surface area (Å²) in [5.41, 5.74) is 7.02. The lowest BCUT2D eigenvalue weighted by Crippen LogP contribution is -2.29. The second-order valence-corrected chi connectivity index (χ2v) is 7.42. The largest absolute Gasteiger partial charge is 0.495 e. The highest BCUT2D eigenvalue weighted by molar-refractivity contribution is 7.98. The summed E-state index contributed by atoms with van der Waals surface area (Å²) in [6.45, 7) is 4.20. The molecule has 0 aliphatic carbocycles. The molecule has 0 aliphatic heterocycles. The summed E-state index contributed by atoms with van der Waals surface area (Å²) in [6.07, 6.45) is 1.99. The van der Waals surface area contributed by atoms with Crippen LogP contribution in [0.25, 0.3) is 0 Å².